The second-order valence-corrected chi connectivity index (χ2v) is 7.20. The summed E-state index contributed by atoms with van der Waals surface area (Å²) in [5, 5.41) is 2.79. The number of carbonyl (C=O) groups is 1. The van der Waals surface area contributed by atoms with Crippen LogP contribution >= 0.6 is 22.9 Å². The summed E-state index contributed by atoms with van der Waals surface area (Å²) in [5.41, 5.74) is 0.545. The van der Waals surface area contributed by atoms with E-state index in [1.807, 2.05) is 5.38 Å². The Balaban J connectivity index is 1.36. The Hall–Kier alpha value is -2.58. The molecular weight excluding hydrogens is 392 g/mol. The minimum absolute atomic E-state index is 0.0614. The van der Waals surface area contributed by atoms with Gasteiger partial charge in [0.15, 0.2) is 11.5 Å². The number of hydrogen-bond acceptors (Lipinski definition) is 7. The Morgan fingerprint density at radius 3 is 3.07 bits per heavy atom. The van der Waals surface area contributed by atoms with Crippen LogP contribution < -0.4 is 15.0 Å². The summed E-state index contributed by atoms with van der Waals surface area (Å²) in [6.45, 7) is 1.17. The van der Waals surface area contributed by atoms with Crippen molar-refractivity contribution < 1.29 is 19.0 Å². The monoisotopic (exact) mass is 406 g/mol. The number of ether oxygens (including phenoxy) is 3. The fraction of sp³-hybridized carbons (Fsp3) is 0.278. The van der Waals surface area contributed by atoms with Crippen molar-refractivity contribution >= 4 is 39.1 Å². The van der Waals surface area contributed by atoms with E-state index in [9.17, 15) is 9.59 Å². The van der Waals surface area contributed by atoms with Crippen LogP contribution in [0.15, 0.2) is 34.7 Å². The molecule has 0 fully saturated rings. The van der Waals surface area contributed by atoms with Crippen LogP contribution in [0, 0.1) is 0 Å². The number of halogens is 1. The van der Waals surface area contributed by atoms with E-state index in [4.69, 9.17) is 25.8 Å². The summed E-state index contributed by atoms with van der Waals surface area (Å²) in [4.78, 5) is 29.2. The molecule has 0 bridgehead atoms. The standard InChI is InChI=1S/C18H15ClN2O5S/c19-13-7-11(8-14-16(13)25-5-4-24-14)9-26-15(22)1-3-21-10-20-17-12(18(21)23)2-6-27-17/h2,6-8,10H,1,3-5,9H2. The van der Waals surface area contributed by atoms with Gasteiger partial charge in [0.05, 0.1) is 23.2 Å². The number of thiophene rings is 1. The first kappa shape index (κ1) is 17.8. The third-order valence-electron chi connectivity index (χ3n) is 4.06. The summed E-state index contributed by atoms with van der Waals surface area (Å²) in [5.74, 6) is 0.633. The van der Waals surface area contributed by atoms with Gasteiger partial charge in [0.25, 0.3) is 5.56 Å². The average molecular weight is 407 g/mol. The van der Waals surface area contributed by atoms with Crippen LogP contribution in [0.4, 0.5) is 0 Å². The number of esters is 1. The molecule has 140 valence electrons. The van der Waals surface area contributed by atoms with Crippen molar-refractivity contribution in [3.05, 3.63) is 50.8 Å². The highest BCUT2D eigenvalue weighted by atomic mass is 35.5. The lowest BCUT2D eigenvalue weighted by molar-refractivity contribution is -0.145. The maximum absolute atomic E-state index is 12.3. The first-order chi connectivity index (χ1) is 13.1. The van der Waals surface area contributed by atoms with Crippen molar-refractivity contribution in [2.24, 2.45) is 0 Å². The maximum atomic E-state index is 12.3. The molecular formula is C18H15ClN2O5S. The lowest BCUT2D eigenvalue weighted by atomic mass is 10.2. The molecule has 3 aromatic rings. The molecule has 7 nitrogen and oxygen atoms in total. The van der Waals surface area contributed by atoms with Crippen LogP contribution in [0.25, 0.3) is 10.2 Å². The van der Waals surface area contributed by atoms with Gasteiger partial charge in [-0.2, -0.15) is 0 Å². The Morgan fingerprint density at radius 1 is 1.33 bits per heavy atom. The second-order valence-electron chi connectivity index (χ2n) is 5.90. The zero-order valence-electron chi connectivity index (χ0n) is 14.1. The Bertz CT molecular complexity index is 1060. The molecule has 0 amide bonds. The molecule has 0 aliphatic carbocycles. The highest BCUT2D eigenvalue weighted by Gasteiger charge is 2.17. The number of carbonyl (C=O) groups excluding carboxylic acids is 1. The average Bonchev–Trinajstić information content (AvgIpc) is 3.15. The molecule has 0 atom stereocenters. The summed E-state index contributed by atoms with van der Waals surface area (Å²) >= 11 is 7.58. The van der Waals surface area contributed by atoms with Gasteiger partial charge in [0.1, 0.15) is 24.7 Å². The van der Waals surface area contributed by atoms with Gasteiger partial charge in [-0.25, -0.2) is 4.98 Å². The van der Waals surface area contributed by atoms with Crippen molar-refractivity contribution in [3.63, 3.8) is 0 Å². The molecule has 1 aromatic carbocycles. The predicted octanol–water partition coefficient (Wildman–Crippen LogP) is 3.02. The molecule has 1 aliphatic rings. The zero-order valence-corrected chi connectivity index (χ0v) is 15.7. The van der Waals surface area contributed by atoms with E-state index in [0.717, 1.165) is 0 Å². The van der Waals surface area contributed by atoms with Crippen molar-refractivity contribution in [2.45, 2.75) is 19.6 Å². The van der Waals surface area contributed by atoms with E-state index in [0.29, 0.717) is 45.5 Å². The summed E-state index contributed by atoms with van der Waals surface area (Å²) < 4.78 is 17.7. The first-order valence-corrected chi connectivity index (χ1v) is 9.54. The van der Waals surface area contributed by atoms with Gasteiger partial charge in [0.2, 0.25) is 0 Å². The van der Waals surface area contributed by atoms with Crippen molar-refractivity contribution in [1.82, 2.24) is 9.55 Å². The number of rotatable bonds is 5. The second kappa shape index (κ2) is 7.58. The largest absolute Gasteiger partial charge is 0.486 e. The highest BCUT2D eigenvalue weighted by Crippen LogP contribution is 2.38. The summed E-state index contributed by atoms with van der Waals surface area (Å²) in [7, 11) is 0. The number of benzene rings is 1. The zero-order chi connectivity index (χ0) is 18.8. The Labute approximate surface area is 163 Å². The van der Waals surface area contributed by atoms with Gasteiger partial charge in [-0.05, 0) is 29.1 Å². The Kier molecular flexibility index (Phi) is 5.00. The lowest BCUT2D eigenvalue weighted by Crippen LogP contribution is -2.22. The fourth-order valence-electron chi connectivity index (χ4n) is 2.75. The minimum Gasteiger partial charge on any atom is -0.486 e. The van der Waals surface area contributed by atoms with Crippen molar-refractivity contribution in [3.8, 4) is 11.5 Å². The molecule has 0 radical (unpaired) electrons. The minimum atomic E-state index is -0.418. The fourth-order valence-corrected chi connectivity index (χ4v) is 3.76. The molecule has 0 saturated carbocycles. The highest BCUT2D eigenvalue weighted by molar-refractivity contribution is 7.16. The van der Waals surface area contributed by atoms with Crippen LogP contribution in [-0.4, -0.2) is 28.7 Å². The van der Waals surface area contributed by atoms with Crippen LogP contribution in [-0.2, 0) is 22.7 Å². The van der Waals surface area contributed by atoms with Gasteiger partial charge in [-0.1, -0.05) is 11.6 Å². The van der Waals surface area contributed by atoms with Gasteiger partial charge in [-0.3, -0.25) is 14.2 Å². The van der Waals surface area contributed by atoms with Crippen LogP contribution in [0.3, 0.4) is 0 Å². The number of aryl methyl sites for hydroxylation is 1. The molecule has 0 unspecified atom stereocenters. The normalized spacial score (nSPS) is 12.9. The van der Waals surface area contributed by atoms with E-state index < -0.39 is 5.97 Å². The quantitative estimate of drug-likeness (QED) is 0.606. The maximum Gasteiger partial charge on any atom is 0.307 e. The van der Waals surface area contributed by atoms with E-state index in [2.05, 4.69) is 4.98 Å². The third-order valence-corrected chi connectivity index (χ3v) is 5.17. The molecule has 2 aromatic heterocycles. The van der Waals surface area contributed by atoms with Crippen molar-refractivity contribution in [2.75, 3.05) is 13.2 Å². The molecule has 4 rings (SSSR count). The molecule has 0 saturated heterocycles. The predicted molar refractivity (Wildman–Crippen MR) is 101 cm³/mol. The van der Waals surface area contributed by atoms with Gasteiger partial charge in [0, 0.05) is 6.54 Å². The van der Waals surface area contributed by atoms with Crippen molar-refractivity contribution in [1.29, 1.82) is 0 Å². The molecule has 9 heteroatoms. The smallest absolute Gasteiger partial charge is 0.307 e. The number of nitrogens with zero attached hydrogens (tertiary/aromatic N) is 2. The lowest BCUT2D eigenvalue weighted by Gasteiger charge is -2.20. The topological polar surface area (TPSA) is 79.7 Å². The SMILES string of the molecule is O=C(CCn1cnc2sccc2c1=O)OCc1cc(Cl)c2c(c1)OCCO2. The Morgan fingerprint density at radius 2 is 2.19 bits per heavy atom. The van der Waals surface area contributed by atoms with E-state index >= 15 is 0 Å². The van der Waals surface area contributed by atoms with Crippen LogP contribution in [0.5, 0.6) is 11.5 Å². The summed E-state index contributed by atoms with van der Waals surface area (Å²) in [6, 6.07) is 5.16. The van der Waals surface area contributed by atoms with E-state index in [1.165, 1.54) is 22.2 Å². The third kappa shape index (κ3) is 3.77. The number of hydrogen-bond donors (Lipinski definition) is 0. The number of aromatic nitrogens is 2. The van der Waals surface area contributed by atoms with Crippen LogP contribution in [0.1, 0.15) is 12.0 Å². The van der Waals surface area contributed by atoms with E-state index in [1.54, 1.807) is 18.2 Å². The van der Waals surface area contributed by atoms with Gasteiger partial charge < -0.3 is 14.2 Å². The van der Waals surface area contributed by atoms with E-state index in [-0.39, 0.29) is 25.1 Å². The molecule has 3 heterocycles. The first-order valence-electron chi connectivity index (χ1n) is 8.28. The van der Waals surface area contributed by atoms with Gasteiger partial charge >= 0.3 is 5.97 Å². The summed E-state index contributed by atoms with van der Waals surface area (Å²) in [6.07, 6.45) is 1.52. The number of fused-ring (bicyclic) bond motifs is 2. The van der Waals surface area contributed by atoms with Crippen LogP contribution in [0.2, 0.25) is 5.02 Å². The van der Waals surface area contributed by atoms with Gasteiger partial charge in [-0.15, -0.1) is 11.3 Å². The molecule has 0 spiro atoms. The molecule has 0 N–H and O–H groups in total. The molecule has 1 aliphatic heterocycles. The molecule has 27 heavy (non-hydrogen) atoms.